The molecule has 0 aromatic carbocycles. The van der Waals surface area contributed by atoms with Gasteiger partial charge in [0.05, 0.1) is 25.0 Å². The maximum Gasteiger partial charge on any atom is 0.226 e. The number of carbonyl (C=O) groups excluding carboxylic acids is 2. The highest BCUT2D eigenvalue weighted by atomic mass is 16.5. The lowest BCUT2D eigenvalue weighted by Gasteiger charge is -2.36. The second-order valence-corrected chi connectivity index (χ2v) is 6.57. The van der Waals surface area contributed by atoms with Crippen LogP contribution in [0.4, 0.5) is 0 Å². The van der Waals surface area contributed by atoms with E-state index in [1.54, 1.807) is 9.80 Å². The van der Waals surface area contributed by atoms with Gasteiger partial charge in [-0.1, -0.05) is 12.2 Å². The van der Waals surface area contributed by atoms with Crippen LogP contribution in [0.25, 0.3) is 0 Å². The molecule has 7 heteroatoms. The van der Waals surface area contributed by atoms with Crippen LogP contribution in [0.5, 0.6) is 0 Å². The summed E-state index contributed by atoms with van der Waals surface area (Å²) >= 11 is 0. The molecule has 0 aromatic heterocycles. The van der Waals surface area contributed by atoms with E-state index < -0.39 is 0 Å². The van der Waals surface area contributed by atoms with Gasteiger partial charge in [-0.25, -0.2) is 0 Å². The topological polar surface area (TPSA) is 90.3 Å². The molecular formula is C18H30N2O5. The Hall–Kier alpha value is -1.44. The van der Waals surface area contributed by atoms with E-state index >= 15 is 0 Å². The van der Waals surface area contributed by atoms with Gasteiger partial charge < -0.3 is 24.7 Å². The van der Waals surface area contributed by atoms with E-state index in [9.17, 15) is 9.59 Å². The summed E-state index contributed by atoms with van der Waals surface area (Å²) in [6, 6.07) is 0. The number of aliphatic hydroxyl groups excluding tert-OH is 2. The Morgan fingerprint density at radius 3 is 2.12 bits per heavy atom. The molecule has 25 heavy (non-hydrogen) atoms. The molecule has 1 saturated heterocycles. The summed E-state index contributed by atoms with van der Waals surface area (Å²) in [5, 5.41) is 18.1. The second kappa shape index (κ2) is 10.5. The molecule has 0 aromatic rings. The predicted octanol–water partition coefficient (Wildman–Crippen LogP) is 0.0210. The summed E-state index contributed by atoms with van der Waals surface area (Å²) in [7, 11) is 0. The number of hydrogen-bond acceptors (Lipinski definition) is 5. The first-order valence-corrected chi connectivity index (χ1v) is 9.21. The number of morpholine rings is 1. The lowest BCUT2D eigenvalue weighted by molar-refractivity contribution is -0.149. The van der Waals surface area contributed by atoms with Gasteiger partial charge in [-0.15, -0.1) is 0 Å². The van der Waals surface area contributed by atoms with Gasteiger partial charge in [0.25, 0.3) is 0 Å². The predicted molar refractivity (Wildman–Crippen MR) is 92.7 cm³/mol. The van der Waals surface area contributed by atoms with E-state index in [1.165, 1.54) is 0 Å². The normalized spacial score (nSPS) is 23.5. The van der Waals surface area contributed by atoms with Gasteiger partial charge in [-0.2, -0.15) is 0 Å². The van der Waals surface area contributed by atoms with Crippen molar-refractivity contribution >= 4 is 11.8 Å². The molecule has 2 atom stereocenters. The monoisotopic (exact) mass is 354 g/mol. The third kappa shape index (κ3) is 5.52. The van der Waals surface area contributed by atoms with Crippen molar-refractivity contribution < 1.29 is 24.5 Å². The highest BCUT2D eigenvalue weighted by Crippen LogP contribution is 2.29. The number of allylic oxidation sites excluding steroid dienone is 2. The fourth-order valence-corrected chi connectivity index (χ4v) is 3.47. The highest BCUT2D eigenvalue weighted by Gasteiger charge is 2.38. The van der Waals surface area contributed by atoms with Gasteiger partial charge in [0.1, 0.15) is 0 Å². The Morgan fingerprint density at radius 1 is 1.00 bits per heavy atom. The molecule has 2 unspecified atom stereocenters. The molecule has 1 aliphatic carbocycles. The molecule has 1 fully saturated rings. The average molecular weight is 354 g/mol. The van der Waals surface area contributed by atoms with Crippen LogP contribution in [0.1, 0.15) is 25.7 Å². The molecule has 1 aliphatic heterocycles. The molecule has 1 heterocycles. The van der Waals surface area contributed by atoms with Crippen molar-refractivity contribution in [3.63, 3.8) is 0 Å². The molecule has 2 amide bonds. The van der Waals surface area contributed by atoms with Crippen LogP contribution < -0.4 is 0 Å². The number of ether oxygens (including phenoxy) is 1. The van der Waals surface area contributed by atoms with E-state index in [2.05, 4.69) is 0 Å². The van der Waals surface area contributed by atoms with Gasteiger partial charge in [0, 0.05) is 39.4 Å². The smallest absolute Gasteiger partial charge is 0.226 e. The van der Waals surface area contributed by atoms with Crippen LogP contribution >= 0.6 is 0 Å². The highest BCUT2D eigenvalue weighted by molar-refractivity contribution is 5.88. The number of amides is 2. The van der Waals surface area contributed by atoms with E-state index in [0.717, 1.165) is 0 Å². The summed E-state index contributed by atoms with van der Waals surface area (Å²) in [5.74, 6) is -0.702. The summed E-state index contributed by atoms with van der Waals surface area (Å²) < 4.78 is 5.31. The molecule has 2 rings (SSSR count). The minimum absolute atomic E-state index is 0.0175. The summed E-state index contributed by atoms with van der Waals surface area (Å²) in [5.41, 5.74) is 0. The number of carbonyl (C=O) groups is 2. The quantitative estimate of drug-likeness (QED) is 0.600. The lowest BCUT2D eigenvalue weighted by Crippen LogP contribution is -2.49. The van der Waals surface area contributed by atoms with Gasteiger partial charge in [-0.05, 0) is 25.7 Å². The minimum Gasteiger partial charge on any atom is -0.396 e. The van der Waals surface area contributed by atoms with Crippen LogP contribution in [0.15, 0.2) is 12.2 Å². The van der Waals surface area contributed by atoms with Gasteiger partial charge in [-0.3, -0.25) is 9.59 Å². The maximum absolute atomic E-state index is 13.0. The van der Waals surface area contributed by atoms with Crippen molar-refractivity contribution in [2.24, 2.45) is 11.8 Å². The van der Waals surface area contributed by atoms with E-state index in [0.29, 0.717) is 65.1 Å². The standard InChI is InChI=1S/C18H30N2O5/c21-11-3-7-19(8-4-12-22)17(23)15-5-1-2-6-16(15)18(24)20-9-13-25-14-10-20/h1-2,15-16,21-22H,3-14H2. The first-order valence-electron chi connectivity index (χ1n) is 9.21. The zero-order chi connectivity index (χ0) is 18.1. The number of rotatable bonds is 8. The Labute approximate surface area is 149 Å². The number of aliphatic hydroxyl groups is 2. The summed E-state index contributed by atoms with van der Waals surface area (Å²) in [4.78, 5) is 29.4. The lowest BCUT2D eigenvalue weighted by atomic mass is 9.81. The van der Waals surface area contributed by atoms with Crippen LogP contribution in [0.2, 0.25) is 0 Å². The maximum atomic E-state index is 13.0. The van der Waals surface area contributed by atoms with Crippen LogP contribution in [0.3, 0.4) is 0 Å². The zero-order valence-corrected chi connectivity index (χ0v) is 14.8. The van der Waals surface area contributed by atoms with Gasteiger partial charge >= 0.3 is 0 Å². The molecule has 142 valence electrons. The zero-order valence-electron chi connectivity index (χ0n) is 14.8. The van der Waals surface area contributed by atoms with Crippen molar-refractivity contribution in [1.82, 2.24) is 9.80 Å². The van der Waals surface area contributed by atoms with Crippen molar-refractivity contribution in [2.75, 3.05) is 52.6 Å². The molecule has 0 bridgehead atoms. The minimum atomic E-state index is -0.363. The van der Waals surface area contributed by atoms with Crippen LogP contribution in [-0.4, -0.2) is 84.4 Å². The van der Waals surface area contributed by atoms with Crippen molar-refractivity contribution in [3.05, 3.63) is 12.2 Å². The summed E-state index contributed by atoms with van der Waals surface area (Å²) in [6.07, 6.45) is 6.11. The van der Waals surface area contributed by atoms with Gasteiger partial charge in [0.15, 0.2) is 0 Å². The Morgan fingerprint density at radius 2 is 1.56 bits per heavy atom. The first kappa shape index (κ1) is 19.9. The van der Waals surface area contributed by atoms with Crippen molar-refractivity contribution in [3.8, 4) is 0 Å². The molecule has 0 spiro atoms. The Kier molecular flexibility index (Phi) is 8.37. The molecule has 7 nitrogen and oxygen atoms in total. The Bertz CT molecular complexity index is 454. The molecule has 0 saturated carbocycles. The fourth-order valence-electron chi connectivity index (χ4n) is 3.47. The third-order valence-electron chi connectivity index (χ3n) is 4.87. The second-order valence-electron chi connectivity index (χ2n) is 6.57. The largest absolute Gasteiger partial charge is 0.396 e. The summed E-state index contributed by atoms with van der Waals surface area (Å²) in [6.45, 7) is 3.20. The molecule has 2 aliphatic rings. The third-order valence-corrected chi connectivity index (χ3v) is 4.87. The first-order chi connectivity index (χ1) is 12.2. The molecule has 2 N–H and O–H groups in total. The fraction of sp³-hybridized carbons (Fsp3) is 0.778. The van der Waals surface area contributed by atoms with Crippen molar-refractivity contribution in [1.29, 1.82) is 0 Å². The number of hydrogen-bond donors (Lipinski definition) is 2. The number of nitrogens with zero attached hydrogens (tertiary/aromatic N) is 2. The SMILES string of the molecule is O=C(C1CC=CCC1C(=O)N1CCOCC1)N(CCCO)CCCO. The average Bonchev–Trinajstić information content (AvgIpc) is 2.68. The van der Waals surface area contributed by atoms with E-state index in [-0.39, 0.29) is 36.9 Å². The Balaban J connectivity index is 2.07. The van der Waals surface area contributed by atoms with Crippen LogP contribution in [-0.2, 0) is 14.3 Å². The van der Waals surface area contributed by atoms with Gasteiger partial charge in [0.2, 0.25) is 11.8 Å². The van der Waals surface area contributed by atoms with E-state index in [4.69, 9.17) is 14.9 Å². The molecule has 0 radical (unpaired) electrons. The molecular weight excluding hydrogens is 324 g/mol. The van der Waals surface area contributed by atoms with Crippen molar-refractivity contribution in [2.45, 2.75) is 25.7 Å². The van der Waals surface area contributed by atoms with E-state index in [1.807, 2.05) is 12.2 Å². The van der Waals surface area contributed by atoms with Crippen LogP contribution in [0, 0.1) is 11.8 Å².